The van der Waals surface area contributed by atoms with Gasteiger partial charge < -0.3 is 0 Å². The van der Waals surface area contributed by atoms with E-state index < -0.39 is 0 Å². The lowest BCUT2D eigenvalue weighted by molar-refractivity contribution is 0.591. The van der Waals surface area contributed by atoms with Gasteiger partial charge in [0.25, 0.3) is 0 Å². The van der Waals surface area contributed by atoms with E-state index in [9.17, 15) is 0 Å². The summed E-state index contributed by atoms with van der Waals surface area (Å²) < 4.78 is 0. The third-order valence-electron chi connectivity index (χ3n) is 1.77. The maximum atomic E-state index is 3.94. The fraction of sp³-hybridized carbons (Fsp3) is 0.455. The zero-order valence-electron chi connectivity index (χ0n) is 7.69. The van der Waals surface area contributed by atoms with Gasteiger partial charge in [-0.15, -0.1) is 6.58 Å². The van der Waals surface area contributed by atoms with Gasteiger partial charge in [0.2, 0.25) is 0 Å². The Labute approximate surface area is 70.3 Å². The Balaban J connectivity index is 3.74. The van der Waals surface area contributed by atoms with E-state index in [-0.39, 0.29) is 0 Å². The van der Waals surface area contributed by atoms with Crippen LogP contribution in [0.2, 0.25) is 0 Å². The van der Waals surface area contributed by atoms with Gasteiger partial charge in [-0.25, -0.2) is 0 Å². The second-order valence-corrected chi connectivity index (χ2v) is 3.22. The summed E-state index contributed by atoms with van der Waals surface area (Å²) in [6.45, 7) is 15.7. The van der Waals surface area contributed by atoms with Crippen LogP contribution in [-0.4, -0.2) is 0 Å². The van der Waals surface area contributed by atoms with Crippen LogP contribution in [-0.2, 0) is 0 Å². The number of allylic oxidation sites excluding steroid dienone is 3. The third kappa shape index (κ3) is 4.60. The summed E-state index contributed by atoms with van der Waals surface area (Å²) in [6.07, 6.45) is 4.06. The molecule has 0 aliphatic carbocycles. The molecule has 11 heavy (non-hydrogen) atoms. The van der Waals surface area contributed by atoms with Gasteiger partial charge in [-0.3, -0.25) is 0 Å². The van der Waals surface area contributed by atoms with Crippen LogP contribution >= 0.6 is 0 Å². The number of rotatable bonds is 5. The molecule has 0 N–H and O–H groups in total. The van der Waals surface area contributed by atoms with Crippen molar-refractivity contribution in [1.29, 1.82) is 0 Å². The first-order valence-electron chi connectivity index (χ1n) is 4.02. The Morgan fingerprint density at radius 3 is 2.36 bits per heavy atom. The molecule has 0 spiro atoms. The quantitative estimate of drug-likeness (QED) is 0.414. The Kier molecular flexibility index (Phi) is 4.60. The maximum absolute atomic E-state index is 3.94. The standard InChI is InChI=1S/C11H18/c1-6-7-10(4)8-11(5)9(2)3/h6,10H,1-2,5,7-8H2,3-4H3. The normalized spacial score (nSPS) is 12.2. The first-order valence-corrected chi connectivity index (χ1v) is 4.02. The predicted octanol–water partition coefficient (Wildman–Crippen LogP) is 3.72. The van der Waals surface area contributed by atoms with E-state index in [4.69, 9.17) is 0 Å². The van der Waals surface area contributed by atoms with Gasteiger partial charge >= 0.3 is 0 Å². The molecule has 1 atom stereocenters. The molecule has 1 unspecified atom stereocenters. The first-order chi connectivity index (χ1) is 5.07. The highest BCUT2D eigenvalue weighted by molar-refractivity contribution is 5.22. The van der Waals surface area contributed by atoms with E-state index >= 15 is 0 Å². The number of hydrogen-bond acceptors (Lipinski definition) is 0. The van der Waals surface area contributed by atoms with Crippen LogP contribution < -0.4 is 0 Å². The molecule has 0 heterocycles. The van der Waals surface area contributed by atoms with Crippen molar-refractivity contribution in [3.63, 3.8) is 0 Å². The zero-order valence-corrected chi connectivity index (χ0v) is 7.69. The van der Waals surface area contributed by atoms with Crippen molar-refractivity contribution in [2.24, 2.45) is 5.92 Å². The molecule has 0 fully saturated rings. The molecule has 0 radical (unpaired) electrons. The van der Waals surface area contributed by atoms with Gasteiger partial charge in [0.05, 0.1) is 0 Å². The van der Waals surface area contributed by atoms with Crippen LogP contribution in [0, 0.1) is 5.92 Å². The van der Waals surface area contributed by atoms with E-state index in [1.54, 1.807) is 0 Å². The number of hydrogen-bond donors (Lipinski definition) is 0. The lowest BCUT2D eigenvalue weighted by Crippen LogP contribution is -1.94. The lowest BCUT2D eigenvalue weighted by atomic mass is 9.96. The molecule has 0 aromatic carbocycles. The summed E-state index contributed by atoms with van der Waals surface area (Å²) in [5, 5.41) is 0. The first kappa shape index (κ1) is 10.2. The van der Waals surface area contributed by atoms with Crippen molar-refractivity contribution in [2.45, 2.75) is 26.7 Å². The summed E-state index contributed by atoms with van der Waals surface area (Å²) in [7, 11) is 0. The van der Waals surface area contributed by atoms with Gasteiger partial charge in [-0.2, -0.15) is 0 Å². The molecule has 0 amide bonds. The van der Waals surface area contributed by atoms with Crippen molar-refractivity contribution in [3.05, 3.63) is 37.0 Å². The minimum absolute atomic E-state index is 0.650. The topological polar surface area (TPSA) is 0 Å². The minimum Gasteiger partial charge on any atom is -0.103 e. The Morgan fingerprint density at radius 1 is 1.45 bits per heavy atom. The maximum Gasteiger partial charge on any atom is -0.0254 e. The van der Waals surface area contributed by atoms with Crippen molar-refractivity contribution in [1.82, 2.24) is 0 Å². The average Bonchev–Trinajstić information content (AvgIpc) is 1.87. The highest BCUT2D eigenvalue weighted by Crippen LogP contribution is 2.18. The summed E-state index contributed by atoms with van der Waals surface area (Å²) in [6, 6.07) is 0. The van der Waals surface area contributed by atoms with Gasteiger partial charge in [0.1, 0.15) is 0 Å². The smallest absolute Gasteiger partial charge is 0.0254 e. The molecule has 62 valence electrons. The van der Waals surface area contributed by atoms with Crippen molar-refractivity contribution in [3.8, 4) is 0 Å². The minimum atomic E-state index is 0.650. The van der Waals surface area contributed by atoms with Gasteiger partial charge in [-0.05, 0) is 25.7 Å². The fourth-order valence-electron chi connectivity index (χ4n) is 0.963. The third-order valence-corrected chi connectivity index (χ3v) is 1.77. The molecule has 0 saturated heterocycles. The molecule has 0 aliphatic rings. The Bertz CT molecular complexity index is 163. The predicted molar refractivity (Wildman–Crippen MR) is 52.5 cm³/mol. The highest BCUT2D eigenvalue weighted by Gasteiger charge is 2.02. The second-order valence-electron chi connectivity index (χ2n) is 3.22. The molecule has 0 aliphatic heterocycles. The monoisotopic (exact) mass is 150 g/mol. The van der Waals surface area contributed by atoms with Crippen molar-refractivity contribution in [2.75, 3.05) is 0 Å². The molecular weight excluding hydrogens is 132 g/mol. The molecule has 0 aromatic heterocycles. The Hall–Kier alpha value is -0.780. The molecule has 0 aromatic rings. The van der Waals surface area contributed by atoms with Crippen LogP contribution in [0.4, 0.5) is 0 Å². The average molecular weight is 150 g/mol. The molecule has 0 bridgehead atoms. The van der Waals surface area contributed by atoms with Crippen LogP contribution in [0.3, 0.4) is 0 Å². The fourth-order valence-corrected chi connectivity index (χ4v) is 0.963. The second kappa shape index (κ2) is 4.95. The van der Waals surface area contributed by atoms with E-state index in [0.29, 0.717) is 5.92 Å². The molecule has 0 rings (SSSR count). The van der Waals surface area contributed by atoms with E-state index in [2.05, 4.69) is 26.7 Å². The molecule has 0 saturated carbocycles. The largest absolute Gasteiger partial charge is 0.103 e. The van der Waals surface area contributed by atoms with Gasteiger partial charge in [0.15, 0.2) is 0 Å². The summed E-state index contributed by atoms with van der Waals surface area (Å²) in [5.41, 5.74) is 2.26. The van der Waals surface area contributed by atoms with Crippen molar-refractivity contribution >= 4 is 0 Å². The zero-order chi connectivity index (χ0) is 8.85. The van der Waals surface area contributed by atoms with Crippen LogP contribution in [0.1, 0.15) is 26.7 Å². The van der Waals surface area contributed by atoms with Crippen LogP contribution in [0.25, 0.3) is 0 Å². The van der Waals surface area contributed by atoms with E-state index in [1.807, 2.05) is 13.0 Å². The molecular formula is C11H18. The lowest BCUT2D eigenvalue weighted by Gasteiger charge is -2.10. The van der Waals surface area contributed by atoms with E-state index in [1.165, 1.54) is 5.57 Å². The van der Waals surface area contributed by atoms with E-state index in [0.717, 1.165) is 18.4 Å². The Morgan fingerprint density at radius 2 is 2.00 bits per heavy atom. The summed E-state index contributed by atoms with van der Waals surface area (Å²) in [4.78, 5) is 0. The van der Waals surface area contributed by atoms with Gasteiger partial charge in [0, 0.05) is 0 Å². The summed E-state index contributed by atoms with van der Waals surface area (Å²) >= 11 is 0. The van der Waals surface area contributed by atoms with Crippen molar-refractivity contribution < 1.29 is 0 Å². The molecule has 0 heteroatoms. The van der Waals surface area contributed by atoms with Gasteiger partial charge in [-0.1, -0.05) is 37.3 Å². The van der Waals surface area contributed by atoms with Crippen LogP contribution in [0.5, 0.6) is 0 Å². The SMILES string of the molecule is C=CCC(C)CC(=C)C(=C)C. The highest BCUT2D eigenvalue weighted by atomic mass is 14.1. The van der Waals surface area contributed by atoms with Crippen LogP contribution in [0.15, 0.2) is 37.0 Å². The summed E-state index contributed by atoms with van der Waals surface area (Å²) in [5.74, 6) is 0.650. The molecule has 0 nitrogen and oxygen atoms in total.